The maximum absolute atomic E-state index is 11.2. The summed E-state index contributed by atoms with van der Waals surface area (Å²) in [5.74, 6) is -0.122. The summed E-state index contributed by atoms with van der Waals surface area (Å²) in [4.78, 5) is 19.2. The third-order valence-electron chi connectivity index (χ3n) is 7.45. The van der Waals surface area contributed by atoms with Crippen LogP contribution in [0.5, 0.6) is 5.88 Å². The Morgan fingerprint density at radius 3 is 2.61 bits per heavy atom. The normalized spacial score (nSPS) is 30.7. The van der Waals surface area contributed by atoms with Gasteiger partial charge in [0.15, 0.2) is 12.0 Å². The van der Waals surface area contributed by atoms with Gasteiger partial charge in [-0.05, 0) is 50.2 Å². The van der Waals surface area contributed by atoms with E-state index >= 15 is 0 Å². The van der Waals surface area contributed by atoms with E-state index in [9.17, 15) is 15.0 Å². The number of aliphatic hydroxyl groups excluding tert-OH is 1. The molecule has 192 valence electrons. The second-order valence-corrected chi connectivity index (χ2v) is 10.2. The van der Waals surface area contributed by atoms with E-state index in [4.69, 9.17) is 30.8 Å². The van der Waals surface area contributed by atoms with Gasteiger partial charge in [0.2, 0.25) is 0 Å². The third-order valence-corrected chi connectivity index (χ3v) is 7.74. The van der Waals surface area contributed by atoms with Crippen LogP contribution in [0.4, 0.5) is 0 Å². The van der Waals surface area contributed by atoms with Crippen LogP contribution in [0.25, 0.3) is 16.6 Å². The van der Waals surface area contributed by atoms with Gasteiger partial charge in [-0.1, -0.05) is 42.0 Å². The van der Waals surface area contributed by atoms with Gasteiger partial charge in [-0.15, -0.1) is 0 Å². The smallest absolute Gasteiger partial charge is 0.306 e. The van der Waals surface area contributed by atoms with Crippen LogP contribution in [-0.4, -0.2) is 63.8 Å². The SMILES string of the molecule is C=C(/C=C\C(=C/C)c1nc2cc(O[C@@H]3CO[C@H]4[C@@H]3OC[C@H]4O)[nH]c2cc1Cl)C1CCC(C(=O)O)CC1. The molecule has 9 heteroatoms. The zero-order valence-electron chi connectivity index (χ0n) is 20.2. The second-order valence-electron chi connectivity index (χ2n) is 9.74. The Morgan fingerprint density at radius 1 is 1.17 bits per heavy atom. The number of carbonyl (C=O) groups is 1. The number of aliphatic hydroxyl groups is 1. The highest BCUT2D eigenvalue weighted by Crippen LogP contribution is 2.35. The van der Waals surface area contributed by atoms with Crippen molar-refractivity contribution < 1.29 is 29.2 Å². The van der Waals surface area contributed by atoms with Crippen LogP contribution in [0.15, 0.2) is 42.5 Å². The number of hydrogen-bond donors (Lipinski definition) is 3. The molecular weight excluding hydrogens is 484 g/mol. The van der Waals surface area contributed by atoms with Crippen molar-refractivity contribution in [1.29, 1.82) is 0 Å². The molecule has 3 fully saturated rings. The first-order chi connectivity index (χ1) is 17.3. The fraction of sp³-hybridized carbons (Fsp3) is 0.481. The monoisotopic (exact) mass is 514 g/mol. The molecule has 36 heavy (non-hydrogen) atoms. The number of nitrogens with one attached hydrogen (secondary N) is 1. The number of H-pyrrole nitrogens is 1. The van der Waals surface area contributed by atoms with Crippen LogP contribution in [0.2, 0.25) is 5.02 Å². The first-order valence-electron chi connectivity index (χ1n) is 12.4. The van der Waals surface area contributed by atoms with Crippen molar-refractivity contribution in [1.82, 2.24) is 9.97 Å². The maximum atomic E-state index is 11.2. The van der Waals surface area contributed by atoms with E-state index < -0.39 is 12.1 Å². The molecule has 0 radical (unpaired) electrons. The summed E-state index contributed by atoms with van der Waals surface area (Å²) < 4.78 is 17.4. The lowest BCUT2D eigenvalue weighted by Crippen LogP contribution is -2.34. The highest BCUT2D eigenvalue weighted by molar-refractivity contribution is 6.32. The second kappa shape index (κ2) is 10.4. The van der Waals surface area contributed by atoms with E-state index in [-0.39, 0.29) is 36.8 Å². The topological polar surface area (TPSA) is 114 Å². The summed E-state index contributed by atoms with van der Waals surface area (Å²) in [7, 11) is 0. The molecule has 1 aliphatic carbocycles. The molecule has 4 atom stereocenters. The van der Waals surface area contributed by atoms with Crippen LogP contribution in [-0.2, 0) is 14.3 Å². The molecule has 1 saturated carbocycles. The molecule has 0 amide bonds. The van der Waals surface area contributed by atoms with E-state index in [1.54, 1.807) is 0 Å². The molecule has 8 nitrogen and oxygen atoms in total. The van der Waals surface area contributed by atoms with Crippen molar-refractivity contribution in [3.63, 3.8) is 0 Å². The molecule has 3 N–H and O–H groups in total. The first-order valence-corrected chi connectivity index (χ1v) is 12.8. The van der Waals surface area contributed by atoms with Gasteiger partial charge in [0.05, 0.1) is 40.9 Å². The highest BCUT2D eigenvalue weighted by Gasteiger charge is 2.48. The van der Waals surface area contributed by atoms with Crippen LogP contribution < -0.4 is 4.74 Å². The quantitative estimate of drug-likeness (QED) is 0.465. The predicted molar refractivity (Wildman–Crippen MR) is 136 cm³/mol. The molecule has 2 aromatic heterocycles. The number of hydrogen-bond acceptors (Lipinski definition) is 6. The zero-order chi connectivity index (χ0) is 25.4. The number of rotatable bonds is 7. The van der Waals surface area contributed by atoms with Crippen molar-refractivity contribution >= 4 is 34.2 Å². The number of ether oxygens (including phenoxy) is 3. The number of pyridine rings is 1. The maximum Gasteiger partial charge on any atom is 0.306 e. The lowest BCUT2D eigenvalue weighted by Gasteiger charge is -2.26. The summed E-state index contributed by atoms with van der Waals surface area (Å²) in [6.45, 7) is 6.75. The van der Waals surface area contributed by atoms with Crippen LogP contribution in [0, 0.1) is 11.8 Å². The Balaban J connectivity index is 1.28. The Bertz CT molecular complexity index is 1210. The van der Waals surface area contributed by atoms with Crippen LogP contribution in [0.1, 0.15) is 38.3 Å². The molecule has 2 saturated heterocycles. The molecule has 2 aromatic rings. The van der Waals surface area contributed by atoms with E-state index in [1.807, 2.05) is 37.3 Å². The number of nitrogens with zero attached hydrogens (tertiary/aromatic N) is 1. The Labute approximate surface area is 214 Å². The van der Waals surface area contributed by atoms with Crippen LogP contribution >= 0.6 is 11.6 Å². The number of aliphatic carboxylic acids is 1. The molecule has 5 rings (SSSR count). The predicted octanol–water partition coefficient (Wildman–Crippen LogP) is 4.53. The number of fused-ring (bicyclic) bond motifs is 2. The number of halogens is 1. The van der Waals surface area contributed by atoms with Gasteiger partial charge in [-0.25, -0.2) is 4.98 Å². The minimum absolute atomic E-state index is 0.242. The largest absolute Gasteiger partial charge is 0.481 e. The summed E-state index contributed by atoms with van der Waals surface area (Å²) in [6, 6.07) is 3.65. The molecule has 0 bridgehead atoms. The highest BCUT2D eigenvalue weighted by atomic mass is 35.5. The Kier molecular flexibility index (Phi) is 7.21. The minimum atomic E-state index is -0.702. The molecule has 4 heterocycles. The number of allylic oxidation sites excluding steroid dienone is 5. The Morgan fingerprint density at radius 2 is 1.89 bits per heavy atom. The van der Waals surface area contributed by atoms with Crippen LogP contribution in [0.3, 0.4) is 0 Å². The van der Waals surface area contributed by atoms with Crippen molar-refractivity contribution in [2.75, 3.05) is 13.2 Å². The molecule has 0 spiro atoms. The summed E-state index contributed by atoms with van der Waals surface area (Å²) >= 11 is 6.61. The number of carboxylic acid groups (broad SMARTS) is 1. The van der Waals surface area contributed by atoms with Crippen molar-refractivity contribution in [2.24, 2.45) is 11.8 Å². The zero-order valence-corrected chi connectivity index (χ0v) is 20.9. The Hall–Kier alpha value is -2.65. The van der Waals surface area contributed by atoms with Gasteiger partial charge < -0.3 is 29.4 Å². The van der Waals surface area contributed by atoms with Gasteiger partial charge >= 0.3 is 5.97 Å². The molecule has 2 aliphatic heterocycles. The van der Waals surface area contributed by atoms with Crippen molar-refractivity contribution in [3.8, 4) is 5.88 Å². The van der Waals surface area contributed by atoms with Gasteiger partial charge in [-0.2, -0.15) is 0 Å². The average Bonchev–Trinajstić information content (AvgIpc) is 3.56. The van der Waals surface area contributed by atoms with E-state index in [0.29, 0.717) is 41.6 Å². The number of carboxylic acids is 1. The standard InChI is InChI=1S/C27H31ClN2O6/c1-3-15(5-4-14(2)16-6-8-17(9-7-16)27(32)33)24-18(28)10-19-20(30-24)11-23(29-19)36-22-13-35-25-21(31)12-34-26(22)25/h3-5,10-11,16-17,21-22,25-26,29,31H,2,6-9,12-13H2,1H3,(H,32,33)/b5-4-,15-3+/t16?,17?,21-,22-,25-,26-/m1/s1. The average molecular weight is 515 g/mol. The molecule has 0 aromatic carbocycles. The summed E-state index contributed by atoms with van der Waals surface area (Å²) in [5.41, 5.74) is 3.98. The van der Waals surface area contributed by atoms with Gasteiger partial charge in [0.1, 0.15) is 18.3 Å². The molecule has 0 unspecified atom stereocenters. The summed E-state index contributed by atoms with van der Waals surface area (Å²) in [5, 5.41) is 19.7. The van der Waals surface area contributed by atoms with Crippen molar-refractivity contribution in [3.05, 3.63) is 53.2 Å². The number of aromatic amines is 1. The lowest BCUT2D eigenvalue weighted by atomic mass is 9.78. The van der Waals surface area contributed by atoms with E-state index in [2.05, 4.69) is 11.6 Å². The minimum Gasteiger partial charge on any atom is -0.481 e. The van der Waals surface area contributed by atoms with Gasteiger partial charge in [-0.3, -0.25) is 4.79 Å². The first kappa shape index (κ1) is 25.0. The number of aromatic nitrogens is 2. The fourth-order valence-corrected chi connectivity index (χ4v) is 5.60. The third kappa shape index (κ3) is 4.95. The summed E-state index contributed by atoms with van der Waals surface area (Å²) in [6.07, 6.45) is 7.34. The fourth-order valence-electron chi connectivity index (χ4n) is 5.34. The molecular formula is C27H31ClN2O6. The lowest BCUT2D eigenvalue weighted by molar-refractivity contribution is -0.142. The van der Waals surface area contributed by atoms with Gasteiger partial charge in [0, 0.05) is 6.07 Å². The molecule has 3 aliphatic rings. The van der Waals surface area contributed by atoms with E-state index in [0.717, 1.165) is 29.5 Å². The van der Waals surface area contributed by atoms with Crippen molar-refractivity contribution in [2.45, 2.75) is 57.0 Å². The van der Waals surface area contributed by atoms with E-state index in [1.165, 1.54) is 0 Å². The van der Waals surface area contributed by atoms with Gasteiger partial charge in [0.25, 0.3) is 0 Å².